The first kappa shape index (κ1) is 16.5. The van der Waals surface area contributed by atoms with Crippen molar-refractivity contribution in [2.75, 3.05) is 4.90 Å². The van der Waals surface area contributed by atoms with Gasteiger partial charge in [0.05, 0.1) is 11.7 Å². The number of carbonyl (C=O) groups excluding carboxylic acids is 2. The maximum absolute atomic E-state index is 13.2. The van der Waals surface area contributed by atoms with Crippen molar-refractivity contribution in [2.45, 2.75) is 49.9 Å². The normalized spacial score (nSPS) is 30.8. The van der Waals surface area contributed by atoms with Gasteiger partial charge in [-0.05, 0) is 37.5 Å². The molecule has 1 aliphatic carbocycles. The fraction of sp³-hybridized carbons (Fsp3) is 0.364. The number of hydrogen-bond donors (Lipinski definition) is 0. The number of benzene rings is 2. The van der Waals surface area contributed by atoms with Crippen molar-refractivity contribution in [3.05, 3.63) is 60.2 Å². The lowest BCUT2D eigenvalue weighted by molar-refractivity contribution is -0.125. The summed E-state index contributed by atoms with van der Waals surface area (Å²) in [5.74, 6) is 0.635. The van der Waals surface area contributed by atoms with Gasteiger partial charge in [0.2, 0.25) is 0 Å². The number of nitrogens with zero attached hydrogens (tertiary/aromatic N) is 1. The SMILES string of the molecule is CCC1N(C(=O)Oc2ccccc2)c2ccccc2C23OC12CCCC3=O. The Morgan fingerprint density at radius 2 is 1.93 bits per heavy atom. The van der Waals surface area contributed by atoms with Crippen molar-refractivity contribution in [3.8, 4) is 5.75 Å². The Morgan fingerprint density at radius 1 is 1.19 bits per heavy atom. The molecule has 138 valence electrons. The number of epoxide rings is 1. The molecule has 2 heterocycles. The maximum Gasteiger partial charge on any atom is 0.420 e. The van der Waals surface area contributed by atoms with Crippen LogP contribution in [0.4, 0.5) is 10.5 Å². The monoisotopic (exact) mass is 363 g/mol. The molecule has 27 heavy (non-hydrogen) atoms. The molecule has 2 aliphatic heterocycles. The summed E-state index contributed by atoms with van der Waals surface area (Å²) in [6.07, 6.45) is 2.35. The van der Waals surface area contributed by atoms with Gasteiger partial charge >= 0.3 is 6.09 Å². The number of hydrogen-bond acceptors (Lipinski definition) is 4. The van der Waals surface area contributed by atoms with Crippen molar-refractivity contribution in [1.82, 2.24) is 0 Å². The first-order chi connectivity index (χ1) is 13.1. The molecule has 3 unspecified atom stereocenters. The standard InChI is InChI=1S/C22H21NO4/c1-2-18-21-14-8-13-19(24)22(21,27-21)16-11-6-7-12-17(16)23(18)20(25)26-15-9-4-3-5-10-15/h3-7,9-12,18H,2,8,13-14H2,1H3. The van der Waals surface area contributed by atoms with E-state index < -0.39 is 17.3 Å². The van der Waals surface area contributed by atoms with Crippen molar-refractivity contribution >= 4 is 17.6 Å². The lowest BCUT2D eigenvalue weighted by atomic mass is 9.67. The zero-order valence-corrected chi connectivity index (χ0v) is 15.2. The van der Waals surface area contributed by atoms with Gasteiger partial charge in [0.25, 0.3) is 0 Å². The molecule has 5 nitrogen and oxygen atoms in total. The number of anilines is 1. The number of carbonyl (C=O) groups is 2. The minimum atomic E-state index is -0.883. The predicted molar refractivity (Wildman–Crippen MR) is 99.8 cm³/mol. The van der Waals surface area contributed by atoms with Gasteiger partial charge in [0.1, 0.15) is 11.4 Å². The summed E-state index contributed by atoms with van der Waals surface area (Å²) in [6.45, 7) is 2.03. The zero-order chi connectivity index (χ0) is 18.6. The van der Waals surface area contributed by atoms with E-state index in [9.17, 15) is 9.59 Å². The maximum atomic E-state index is 13.2. The highest BCUT2D eigenvalue weighted by Crippen LogP contribution is 2.69. The van der Waals surface area contributed by atoms with Crippen molar-refractivity contribution in [2.24, 2.45) is 0 Å². The van der Waals surface area contributed by atoms with E-state index in [1.165, 1.54) is 0 Å². The van der Waals surface area contributed by atoms with Gasteiger partial charge in [-0.15, -0.1) is 0 Å². The minimum absolute atomic E-state index is 0.135. The van der Waals surface area contributed by atoms with Crippen molar-refractivity contribution < 1.29 is 19.1 Å². The second kappa shape index (κ2) is 5.67. The van der Waals surface area contributed by atoms with E-state index in [4.69, 9.17) is 9.47 Å². The fourth-order valence-electron chi connectivity index (χ4n) is 5.09. The zero-order valence-electron chi connectivity index (χ0n) is 15.2. The average molecular weight is 363 g/mol. The van der Waals surface area contributed by atoms with E-state index in [-0.39, 0.29) is 11.8 Å². The summed E-state index contributed by atoms with van der Waals surface area (Å²) in [6, 6.07) is 16.4. The highest BCUT2D eigenvalue weighted by molar-refractivity contribution is 6.01. The Kier molecular flexibility index (Phi) is 3.46. The molecule has 5 rings (SSSR count). The second-order valence-corrected chi connectivity index (χ2v) is 7.44. The number of para-hydroxylation sites is 2. The number of fused-ring (bicyclic) bond motifs is 1. The van der Waals surface area contributed by atoms with Crippen molar-refractivity contribution in [1.29, 1.82) is 0 Å². The molecule has 1 amide bonds. The summed E-state index contributed by atoms with van der Waals surface area (Å²) in [7, 11) is 0. The highest BCUT2D eigenvalue weighted by Gasteiger charge is 2.82. The third-order valence-electron chi connectivity index (χ3n) is 6.16. The van der Waals surface area contributed by atoms with Gasteiger partial charge in [-0.3, -0.25) is 9.69 Å². The summed E-state index contributed by atoms with van der Waals surface area (Å²) >= 11 is 0. The topological polar surface area (TPSA) is 59.1 Å². The van der Waals surface area contributed by atoms with Gasteiger partial charge in [-0.1, -0.05) is 43.3 Å². The van der Waals surface area contributed by atoms with E-state index in [1.54, 1.807) is 17.0 Å². The van der Waals surface area contributed by atoms with E-state index in [0.717, 1.165) is 18.4 Å². The molecule has 3 aliphatic rings. The van der Waals surface area contributed by atoms with E-state index in [1.807, 2.05) is 49.4 Å². The van der Waals surface area contributed by atoms with Gasteiger partial charge < -0.3 is 9.47 Å². The van der Waals surface area contributed by atoms with Gasteiger partial charge in [0, 0.05) is 12.0 Å². The van der Waals surface area contributed by atoms with Crippen LogP contribution in [0.5, 0.6) is 5.75 Å². The Bertz CT molecular complexity index is 927. The lowest BCUT2D eigenvalue weighted by Gasteiger charge is -2.42. The molecular weight excluding hydrogens is 342 g/mol. The highest BCUT2D eigenvalue weighted by atomic mass is 16.6. The number of amides is 1. The number of Topliss-reactive ketones (excluding diaryl/α,β-unsaturated/α-hetero) is 1. The van der Waals surface area contributed by atoms with Crippen LogP contribution in [0.25, 0.3) is 0 Å². The van der Waals surface area contributed by atoms with Crippen LogP contribution in [0.15, 0.2) is 54.6 Å². The van der Waals surface area contributed by atoms with E-state index in [2.05, 4.69) is 0 Å². The molecule has 1 saturated carbocycles. The quantitative estimate of drug-likeness (QED) is 0.750. The first-order valence-corrected chi connectivity index (χ1v) is 9.53. The molecule has 2 fully saturated rings. The average Bonchev–Trinajstić information content (AvgIpc) is 3.41. The molecule has 0 aromatic heterocycles. The molecule has 3 atom stereocenters. The number of ketones is 1. The summed E-state index contributed by atoms with van der Waals surface area (Å²) in [5.41, 5.74) is 0.00535. The largest absolute Gasteiger partial charge is 0.420 e. The Labute approximate surface area is 157 Å². The lowest BCUT2D eigenvalue weighted by Crippen LogP contribution is -2.58. The van der Waals surface area contributed by atoms with Gasteiger partial charge in [0.15, 0.2) is 11.4 Å². The number of rotatable bonds is 2. The van der Waals surface area contributed by atoms with E-state index >= 15 is 0 Å². The molecule has 1 saturated heterocycles. The van der Waals surface area contributed by atoms with Crippen LogP contribution >= 0.6 is 0 Å². The third-order valence-corrected chi connectivity index (χ3v) is 6.16. The molecule has 0 bridgehead atoms. The summed E-state index contributed by atoms with van der Waals surface area (Å²) < 4.78 is 11.9. The Hall–Kier alpha value is -2.66. The summed E-state index contributed by atoms with van der Waals surface area (Å²) in [5, 5.41) is 0. The minimum Gasteiger partial charge on any atom is -0.410 e. The van der Waals surface area contributed by atoms with Crippen LogP contribution in [0.1, 0.15) is 38.2 Å². The van der Waals surface area contributed by atoms with Crippen LogP contribution in [0, 0.1) is 0 Å². The first-order valence-electron chi connectivity index (χ1n) is 9.53. The molecule has 5 heteroatoms. The fourth-order valence-corrected chi connectivity index (χ4v) is 5.09. The van der Waals surface area contributed by atoms with Crippen LogP contribution in [-0.2, 0) is 15.1 Å². The van der Waals surface area contributed by atoms with Gasteiger partial charge in [-0.2, -0.15) is 0 Å². The van der Waals surface area contributed by atoms with Crippen LogP contribution in [0.3, 0.4) is 0 Å². The van der Waals surface area contributed by atoms with Gasteiger partial charge in [-0.25, -0.2) is 4.79 Å². The Balaban J connectivity index is 1.62. The molecule has 0 N–H and O–H groups in total. The molecule has 2 aromatic rings. The number of ether oxygens (including phenoxy) is 2. The third kappa shape index (κ3) is 2.03. The smallest absolute Gasteiger partial charge is 0.410 e. The molecule has 2 aromatic carbocycles. The predicted octanol–water partition coefficient (Wildman–Crippen LogP) is 4.20. The van der Waals surface area contributed by atoms with Crippen LogP contribution < -0.4 is 9.64 Å². The summed E-state index contributed by atoms with van der Waals surface area (Å²) in [4.78, 5) is 27.8. The van der Waals surface area contributed by atoms with Crippen molar-refractivity contribution in [3.63, 3.8) is 0 Å². The molecule has 0 spiro atoms. The van der Waals surface area contributed by atoms with E-state index in [0.29, 0.717) is 24.3 Å². The van der Waals surface area contributed by atoms with Crippen LogP contribution in [-0.4, -0.2) is 23.5 Å². The van der Waals surface area contributed by atoms with Crippen LogP contribution in [0.2, 0.25) is 0 Å². The molecule has 0 radical (unpaired) electrons. The molecular formula is C22H21NO4. The second-order valence-electron chi connectivity index (χ2n) is 7.44. The Morgan fingerprint density at radius 3 is 2.70 bits per heavy atom.